The molecule has 0 unspecified atom stereocenters. The average molecular weight is 763 g/mol. The fourth-order valence-corrected chi connectivity index (χ4v) is 3.61. The van der Waals surface area contributed by atoms with E-state index in [0.29, 0.717) is 43.1 Å². The Bertz CT molecular complexity index is 862. The van der Waals surface area contributed by atoms with Crippen molar-refractivity contribution in [3.63, 3.8) is 0 Å². The summed E-state index contributed by atoms with van der Waals surface area (Å²) in [6.07, 6.45) is 0. The number of rotatable bonds is 7. The highest BCUT2D eigenvalue weighted by Crippen LogP contribution is 2.36. The minimum Gasteiger partial charge on any atom is -0.495 e. The van der Waals surface area contributed by atoms with E-state index in [9.17, 15) is 9.59 Å². The van der Waals surface area contributed by atoms with Gasteiger partial charge in [0.15, 0.2) is 11.6 Å². The van der Waals surface area contributed by atoms with Crippen LogP contribution in [0, 0.1) is 0 Å². The third kappa shape index (κ3) is 11.2. The number of hydrogen-bond acceptors (Lipinski definition) is 6. The van der Waals surface area contributed by atoms with Gasteiger partial charge in [0.25, 0.3) is 0 Å². The molecule has 0 heterocycles. The predicted octanol–water partition coefficient (Wildman–Crippen LogP) is 7.71. The molecule has 2 aromatic carbocycles. The van der Waals surface area contributed by atoms with Crippen molar-refractivity contribution in [3.05, 3.63) is 44.3 Å². The Labute approximate surface area is 239 Å². The highest BCUT2D eigenvalue weighted by molar-refractivity contribution is 9.11. The number of carbonyl (C=O) groups excluding carboxylic acids is 2. The van der Waals surface area contributed by atoms with E-state index in [4.69, 9.17) is 42.1 Å². The molecular formula is C21H24Br4Cl2O6. The molecule has 0 bridgehead atoms. The molecule has 0 spiro atoms. The molecule has 0 saturated heterocycles. The first kappa shape index (κ1) is 34.6. The SMILES string of the molecule is Br.COc1cc(C(=O)CBr)cc(OC)c1Br.COc1cc(C(C)=O)cc(OC)c1Br.ClCCl. The second-order valence-electron chi connectivity index (χ2n) is 5.60. The zero-order chi connectivity index (χ0) is 24.8. The molecule has 0 aliphatic rings. The number of ether oxygens (including phenoxy) is 4. The van der Waals surface area contributed by atoms with E-state index in [1.54, 1.807) is 52.7 Å². The number of halogens is 6. The van der Waals surface area contributed by atoms with E-state index < -0.39 is 0 Å². The molecule has 2 aromatic rings. The van der Waals surface area contributed by atoms with Crippen LogP contribution in [-0.4, -0.2) is 50.7 Å². The van der Waals surface area contributed by atoms with Crippen LogP contribution in [-0.2, 0) is 0 Å². The van der Waals surface area contributed by atoms with Gasteiger partial charge in [0.05, 0.1) is 39.1 Å². The van der Waals surface area contributed by atoms with E-state index in [1.165, 1.54) is 6.92 Å². The highest BCUT2D eigenvalue weighted by Gasteiger charge is 2.14. The molecule has 0 saturated carbocycles. The molecule has 12 heteroatoms. The van der Waals surface area contributed by atoms with E-state index in [2.05, 4.69) is 47.8 Å². The third-order valence-electron chi connectivity index (χ3n) is 3.74. The summed E-state index contributed by atoms with van der Waals surface area (Å²) in [5, 5.41) is 0.473. The normalized spacial score (nSPS) is 9.15. The molecule has 0 fully saturated rings. The van der Waals surface area contributed by atoms with E-state index in [1.807, 2.05) is 0 Å². The van der Waals surface area contributed by atoms with Gasteiger partial charge >= 0.3 is 0 Å². The molecule has 0 aliphatic heterocycles. The number of carbonyl (C=O) groups is 2. The van der Waals surface area contributed by atoms with Crippen molar-refractivity contribution < 1.29 is 28.5 Å². The molecule has 0 atom stereocenters. The Morgan fingerprint density at radius 2 is 1.03 bits per heavy atom. The maximum Gasteiger partial charge on any atom is 0.173 e. The lowest BCUT2D eigenvalue weighted by Gasteiger charge is -2.10. The van der Waals surface area contributed by atoms with Crippen LogP contribution < -0.4 is 18.9 Å². The van der Waals surface area contributed by atoms with Crippen LogP contribution in [0.4, 0.5) is 0 Å². The molecule has 0 aromatic heterocycles. The number of alkyl halides is 3. The minimum absolute atomic E-state index is 0. The summed E-state index contributed by atoms with van der Waals surface area (Å²) in [6.45, 7) is 1.50. The molecule has 186 valence electrons. The maximum atomic E-state index is 11.5. The number of methoxy groups -OCH3 is 4. The second kappa shape index (κ2) is 18.8. The lowest BCUT2D eigenvalue weighted by molar-refractivity contribution is 0.101. The Morgan fingerprint density at radius 1 is 0.758 bits per heavy atom. The first-order chi connectivity index (χ1) is 15.1. The molecule has 0 amide bonds. The van der Waals surface area contributed by atoms with Gasteiger partial charge in [-0.1, -0.05) is 15.9 Å². The molecule has 2 rings (SSSR count). The Balaban J connectivity index is 0. The zero-order valence-electron chi connectivity index (χ0n) is 18.5. The van der Waals surface area contributed by atoms with Crippen molar-refractivity contribution in [2.45, 2.75) is 6.92 Å². The zero-order valence-corrected chi connectivity index (χ0v) is 26.5. The summed E-state index contributed by atoms with van der Waals surface area (Å²) >= 11 is 19.3. The lowest BCUT2D eigenvalue weighted by Crippen LogP contribution is -2.02. The summed E-state index contributed by atoms with van der Waals surface area (Å²) in [5.74, 6) is 2.31. The van der Waals surface area contributed by atoms with E-state index in [0.717, 1.165) is 0 Å². The van der Waals surface area contributed by atoms with Gasteiger partial charge in [-0.3, -0.25) is 9.59 Å². The van der Waals surface area contributed by atoms with Crippen LogP contribution in [0.25, 0.3) is 0 Å². The van der Waals surface area contributed by atoms with Crippen LogP contribution >= 0.6 is 88.0 Å². The van der Waals surface area contributed by atoms with Crippen molar-refractivity contribution in [1.82, 2.24) is 0 Å². The fourth-order valence-electron chi connectivity index (χ4n) is 2.18. The van der Waals surface area contributed by atoms with E-state index >= 15 is 0 Å². The van der Waals surface area contributed by atoms with Gasteiger partial charge in [0.2, 0.25) is 0 Å². The molecule has 33 heavy (non-hydrogen) atoms. The van der Waals surface area contributed by atoms with Gasteiger partial charge in [0.1, 0.15) is 31.9 Å². The topological polar surface area (TPSA) is 71.1 Å². The quantitative estimate of drug-likeness (QED) is 0.213. The van der Waals surface area contributed by atoms with Crippen LogP contribution in [0.15, 0.2) is 33.2 Å². The van der Waals surface area contributed by atoms with Crippen molar-refractivity contribution in [2.75, 3.05) is 39.1 Å². The largest absolute Gasteiger partial charge is 0.495 e. The maximum absolute atomic E-state index is 11.5. The van der Waals surface area contributed by atoms with E-state index in [-0.39, 0.29) is 39.2 Å². The summed E-state index contributed by atoms with van der Waals surface area (Å²) < 4.78 is 21.9. The number of hydrogen-bond donors (Lipinski definition) is 0. The molecule has 6 nitrogen and oxygen atoms in total. The van der Waals surface area contributed by atoms with Gasteiger partial charge in [-0.2, -0.15) is 0 Å². The first-order valence-corrected chi connectivity index (χ1v) is 12.5. The Kier molecular flexibility index (Phi) is 19.7. The standard InChI is InChI=1S/C10H10Br2O3.C10H11BrO3.CH2Cl2.BrH/c1-14-8-3-6(7(13)5-11)4-9(15-2)10(8)12;1-6(12)7-4-8(13-2)10(11)9(5-7)14-3;2-1-3;/h3-4H,5H2,1-2H3;4-5H,1-3H3;1H2;1H. The first-order valence-electron chi connectivity index (χ1n) is 8.70. The highest BCUT2D eigenvalue weighted by atomic mass is 79.9. The number of ketones is 2. The average Bonchev–Trinajstić information content (AvgIpc) is 2.79. The van der Waals surface area contributed by atoms with Crippen LogP contribution in [0.1, 0.15) is 27.6 Å². The lowest BCUT2D eigenvalue weighted by atomic mass is 10.1. The van der Waals surface area contributed by atoms with Crippen molar-refractivity contribution in [2.24, 2.45) is 0 Å². The summed E-state index contributed by atoms with van der Waals surface area (Å²) in [7, 11) is 6.18. The van der Waals surface area contributed by atoms with Crippen molar-refractivity contribution in [1.29, 1.82) is 0 Å². The van der Waals surface area contributed by atoms with Crippen molar-refractivity contribution in [3.8, 4) is 23.0 Å². The minimum atomic E-state index is -0.0194. The molecule has 0 aliphatic carbocycles. The summed E-state index contributed by atoms with van der Waals surface area (Å²) in [6, 6.07) is 6.70. The number of Topliss-reactive ketones (excluding diaryl/α,β-unsaturated/α-hetero) is 2. The van der Waals surface area contributed by atoms with Gasteiger partial charge < -0.3 is 18.9 Å². The summed E-state index contributed by atoms with van der Waals surface area (Å²) in [4.78, 5) is 22.7. The third-order valence-corrected chi connectivity index (χ3v) is 5.81. The van der Waals surface area contributed by atoms with Gasteiger partial charge in [-0.15, -0.1) is 40.2 Å². The van der Waals surface area contributed by atoms with Crippen LogP contribution in [0.3, 0.4) is 0 Å². The van der Waals surface area contributed by atoms with Gasteiger partial charge in [-0.05, 0) is 63.0 Å². The van der Waals surface area contributed by atoms with Crippen LogP contribution in [0.5, 0.6) is 23.0 Å². The molecule has 0 radical (unpaired) electrons. The molecular weight excluding hydrogens is 739 g/mol. The predicted molar refractivity (Wildman–Crippen MR) is 150 cm³/mol. The summed E-state index contributed by atoms with van der Waals surface area (Å²) in [5.41, 5.74) is 1.13. The number of benzene rings is 2. The van der Waals surface area contributed by atoms with Gasteiger partial charge in [-0.25, -0.2) is 0 Å². The Hall–Kier alpha value is -0.520. The van der Waals surface area contributed by atoms with Gasteiger partial charge in [0, 0.05) is 11.1 Å². The Morgan fingerprint density at radius 3 is 1.24 bits per heavy atom. The molecule has 0 N–H and O–H groups in total. The van der Waals surface area contributed by atoms with Crippen LogP contribution in [0.2, 0.25) is 0 Å². The fraction of sp³-hybridized carbons (Fsp3) is 0.333. The smallest absolute Gasteiger partial charge is 0.173 e. The monoisotopic (exact) mass is 758 g/mol. The second-order valence-corrected chi connectivity index (χ2v) is 8.56. The van der Waals surface area contributed by atoms with Crippen molar-refractivity contribution >= 4 is 99.5 Å².